The van der Waals surface area contributed by atoms with E-state index in [1.165, 1.54) is 0 Å². The van der Waals surface area contributed by atoms with Gasteiger partial charge in [-0.05, 0) is 56.0 Å². The van der Waals surface area contributed by atoms with Crippen LogP contribution in [-0.4, -0.2) is 29.3 Å². The van der Waals surface area contributed by atoms with Gasteiger partial charge >= 0.3 is 0 Å². The maximum absolute atomic E-state index is 12.8. The van der Waals surface area contributed by atoms with E-state index in [9.17, 15) is 9.59 Å². The second kappa shape index (κ2) is 7.70. The molecular weight excluding hydrogens is 336 g/mol. The van der Waals surface area contributed by atoms with E-state index < -0.39 is 6.04 Å². The highest BCUT2D eigenvalue weighted by Crippen LogP contribution is 2.23. The standard InChI is InChI=1S/C20H21ClN2O2/c1-14-10-11-16(13-17(14)21)22-19(24)18-9-5-6-12-23(18)20(25)15-7-3-2-4-8-15/h2-4,7-8,10-11,13,18H,5-6,9,12H2,1H3,(H,22,24)/t18-/m0/s1. The Morgan fingerprint density at radius 1 is 1.12 bits per heavy atom. The topological polar surface area (TPSA) is 49.4 Å². The zero-order valence-electron chi connectivity index (χ0n) is 14.2. The molecule has 130 valence electrons. The number of nitrogens with zero attached hydrogens (tertiary/aromatic N) is 1. The van der Waals surface area contributed by atoms with Gasteiger partial charge in [0.25, 0.3) is 5.91 Å². The van der Waals surface area contributed by atoms with Gasteiger partial charge in [-0.1, -0.05) is 35.9 Å². The van der Waals surface area contributed by atoms with Crippen molar-refractivity contribution in [3.63, 3.8) is 0 Å². The number of rotatable bonds is 3. The molecule has 4 nitrogen and oxygen atoms in total. The van der Waals surface area contributed by atoms with E-state index in [4.69, 9.17) is 11.6 Å². The van der Waals surface area contributed by atoms with Crippen LogP contribution in [0.1, 0.15) is 35.2 Å². The zero-order chi connectivity index (χ0) is 17.8. The average molecular weight is 357 g/mol. The summed E-state index contributed by atoms with van der Waals surface area (Å²) in [6.07, 6.45) is 2.52. The zero-order valence-corrected chi connectivity index (χ0v) is 14.9. The molecule has 1 fully saturated rings. The SMILES string of the molecule is Cc1ccc(NC(=O)[C@@H]2CCCCN2C(=O)c2ccccc2)cc1Cl. The largest absolute Gasteiger partial charge is 0.327 e. The van der Waals surface area contributed by atoms with Crippen molar-refractivity contribution in [3.8, 4) is 0 Å². The van der Waals surface area contributed by atoms with Crippen molar-refractivity contribution < 1.29 is 9.59 Å². The third-order valence-corrected chi connectivity index (χ3v) is 4.93. The number of carbonyl (C=O) groups excluding carboxylic acids is 2. The highest BCUT2D eigenvalue weighted by Gasteiger charge is 2.32. The fourth-order valence-corrected chi connectivity index (χ4v) is 3.27. The van der Waals surface area contributed by atoms with Gasteiger partial charge in [-0.2, -0.15) is 0 Å². The third kappa shape index (κ3) is 4.02. The number of hydrogen-bond acceptors (Lipinski definition) is 2. The lowest BCUT2D eigenvalue weighted by atomic mass is 10.00. The first kappa shape index (κ1) is 17.5. The Morgan fingerprint density at radius 2 is 1.88 bits per heavy atom. The summed E-state index contributed by atoms with van der Waals surface area (Å²) in [4.78, 5) is 27.2. The molecule has 1 N–H and O–H groups in total. The van der Waals surface area contributed by atoms with Crippen LogP contribution in [0.4, 0.5) is 5.69 Å². The van der Waals surface area contributed by atoms with Gasteiger partial charge in [-0.3, -0.25) is 9.59 Å². The summed E-state index contributed by atoms with van der Waals surface area (Å²) in [5.41, 5.74) is 2.22. The predicted molar refractivity (Wildman–Crippen MR) is 99.9 cm³/mol. The Morgan fingerprint density at radius 3 is 2.60 bits per heavy atom. The Bertz CT molecular complexity index is 777. The smallest absolute Gasteiger partial charge is 0.254 e. The first-order valence-electron chi connectivity index (χ1n) is 8.49. The molecule has 1 aliphatic heterocycles. The molecule has 2 aromatic rings. The van der Waals surface area contributed by atoms with Crippen LogP contribution in [0.25, 0.3) is 0 Å². The molecule has 1 atom stereocenters. The number of aryl methyl sites for hydroxylation is 1. The van der Waals surface area contributed by atoms with E-state index in [1.807, 2.05) is 37.3 Å². The predicted octanol–water partition coefficient (Wildman–Crippen LogP) is 4.28. The molecule has 3 rings (SSSR count). The number of benzene rings is 2. The van der Waals surface area contributed by atoms with E-state index in [-0.39, 0.29) is 11.8 Å². The molecule has 5 heteroatoms. The molecule has 0 aromatic heterocycles. The fourth-order valence-electron chi connectivity index (χ4n) is 3.09. The molecule has 0 bridgehead atoms. The second-order valence-electron chi connectivity index (χ2n) is 6.33. The quantitative estimate of drug-likeness (QED) is 0.892. The third-order valence-electron chi connectivity index (χ3n) is 4.53. The molecule has 0 saturated carbocycles. The molecule has 2 amide bonds. The number of halogens is 1. The van der Waals surface area contributed by atoms with Crippen LogP contribution < -0.4 is 5.32 Å². The molecular formula is C20H21ClN2O2. The number of likely N-dealkylation sites (tertiary alicyclic amines) is 1. The van der Waals surface area contributed by atoms with Crippen molar-refractivity contribution in [2.45, 2.75) is 32.2 Å². The summed E-state index contributed by atoms with van der Waals surface area (Å²) in [5, 5.41) is 3.51. The first-order chi connectivity index (χ1) is 12.1. The van der Waals surface area contributed by atoms with Crippen LogP contribution in [-0.2, 0) is 4.79 Å². The number of anilines is 1. The monoisotopic (exact) mass is 356 g/mol. The molecule has 1 aliphatic rings. The van der Waals surface area contributed by atoms with Crippen LogP contribution >= 0.6 is 11.6 Å². The minimum absolute atomic E-state index is 0.0950. The highest BCUT2D eigenvalue weighted by atomic mass is 35.5. The van der Waals surface area contributed by atoms with Crippen LogP contribution in [0, 0.1) is 6.92 Å². The van der Waals surface area contributed by atoms with Gasteiger partial charge in [0, 0.05) is 22.8 Å². The molecule has 0 radical (unpaired) electrons. The number of carbonyl (C=O) groups is 2. The number of nitrogens with one attached hydrogen (secondary N) is 1. The van der Waals surface area contributed by atoms with E-state index in [2.05, 4.69) is 5.32 Å². The van der Waals surface area contributed by atoms with Crippen molar-refractivity contribution in [2.24, 2.45) is 0 Å². The van der Waals surface area contributed by atoms with E-state index in [1.54, 1.807) is 23.1 Å². The van der Waals surface area contributed by atoms with Crippen LogP contribution in [0.2, 0.25) is 5.02 Å². The Hall–Kier alpha value is -2.33. The summed E-state index contributed by atoms with van der Waals surface area (Å²) >= 11 is 6.13. The average Bonchev–Trinajstić information content (AvgIpc) is 2.65. The van der Waals surface area contributed by atoms with Gasteiger partial charge in [0.15, 0.2) is 0 Å². The van der Waals surface area contributed by atoms with Gasteiger partial charge in [0.2, 0.25) is 5.91 Å². The summed E-state index contributed by atoms with van der Waals surface area (Å²) < 4.78 is 0. The van der Waals surface area contributed by atoms with E-state index in [0.29, 0.717) is 29.2 Å². The van der Waals surface area contributed by atoms with Gasteiger partial charge in [-0.25, -0.2) is 0 Å². The Labute approximate surface area is 152 Å². The minimum Gasteiger partial charge on any atom is -0.327 e. The van der Waals surface area contributed by atoms with Crippen molar-refractivity contribution in [1.82, 2.24) is 4.90 Å². The summed E-state index contributed by atoms with van der Waals surface area (Å²) in [6, 6.07) is 14.1. The minimum atomic E-state index is -0.457. The van der Waals surface area contributed by atoms with E-state index >= 15 is 0 Å². The lowest BCUT2D eigenvalue weighted by Crippen LogP contribution is -2.50. The summed E-state index contributed by atoms with van der Waals surface area (Å²) in [6.45, 7) is 2.51. The van der Waals surface area contributed by atoms with Crippen molar-refractivity contribution in [2.75, 3.05) is 11.9 Å². The lowest BCUT2D eigenvalue weighted by molar-refractivity contribution is -0.121. The molecule has 2 aromatic carbocycles. The van der Waals surface area contributed by atoms with Crippen molar-refractivity contribution >= 4 is 29.1 Å². The summed E-state index contributed by atoms with van der Waals surface area (Å²) in [5.74, 6) is -0.258. The number of hydrogen-bond donors (Lipinski definition) is 1. The Kier molecular flexibility index (Phi) is 5.39. The number of piperidine rings is 1. The van der Waals surface area contributed by atoms with Gasteiger partial charge in [0.05, 0.1) is 0 Å². The van der Waals surface area contributed by atoms with Gasteiger partial charge < -0.3 is 10.2 Å². The van der Waals surface area contributed by atoms with Gasteiger partial charge in [-0.15, -0.1) is 0 Å². The molecule has 0 unspecified atom stereocenters. The summed E-state index contributed by atoms with van der Waals surface area (Å²) in [7, 11) is 0. The second-order valence-corrected chi connectivity index (χ2v) is 6.74. The molecule has 25 heavy (non-hydrogen) atoms. The van der Waals surface area contributed by atoms with Crippen LogP contribution in [0.15, 0.2) is 48.5 Å². The maximum Gasteiger partial charge on any atom is 0.254 e. The maximum atomic E-state index is 12.8. The molecule has 1 saturated heterocycles. The normalized spacial score (nSPS) is 17.2. The van der Waals surface area contributed by atoms with E-state index in [0.717, 1.165) is 18.4 Å². The van der Waals surface area contributed by atoms with Crippen molar-refractivity contribution in [1.29, 1.82) is 0 Å². The van der Waals surface area contributed by atoms with Gasteiger partial charge in [0.1, 0.15) is 6.04 Å². The molecule has 1 heterocycles. The fraction of sp³-hybridized carbons (Fsp3) is 0.300. The van der Waals surface area contributed by atoms with Crippen molar-refractivity contribution in [3.05, 3.63) is 64.7 Å². The van der Waals surface area contributed by atoms with Crippen LogP contribution in [0.3, 0.4) is 0 Å². The molecule has 0 aliphatic carbocycles. The first-order valence-corrected chi connectivity index (χ1v) is 8.87. The lowest BCUT2D eigenvalue weighted by Gasteiger charge is -2.34. The Balaban J connectivity index is 1.77. The van der Waals surface area contributed by atoms with Crippen LogP contribution in [0.5, 0.6) is 0 Å². The number of amides is 2. The highest BCUT2D eigenvalue weighted by molar-refractivity contribution is 6.31. The molecule has 0 spiro atoms.